The van der Waals surface area contributed by atoms with Crippen molar-refractivity contribution < 1.29 is 9.53 Å². The minimum atomic E-state index is -0.481. The molecule has 1 aliphatic heterocycles. The molecule has 9 heteroatoms. The van der Waals surface area contributed by atoms with Crippen molar-refractivity contribution in [2.45, 2.75) is 52.1 Å². The lowest BCUT2D eigenvalue weighted by Crippen LogP contribution is -2.41. The van der Waals surface area contributed by atoms with Gasteiger partial charge in [-0.3, -0.25) is 9.08 Å². The number of benzene rings is 1. The van der Waals surface area contributed by atoms with Crippen LogP contribution in [-0.2, 0) is 11.8 Å². The lowest BCUT2D eigenvalue weighted by molar-refractivity contribution is 0.0204. The van der Waals surface area contributed by atoms with Crippen molar-refractivity contribution in [2.75, 3.05) is 13.1 Å². The first-order chi connectivity index (χ1) is 16.1. The van der Waals surface area contributed by atoms with Crippen molar-refractivity contribution in [1.29, 1.82) is 5.26 Å². The largest absolute Gasteiger partial charge is 0.444 e. The molecular weight excluding hydrogens is 448 g/mol. The zero-order valence-electron chi connectivity index (χ0n) is 20.1. The average Bonchev–Trinajstić information content (AvgIpc) is 3.45. The van der Waals surface area contributed by atoms with Crippen LogP contribution in [-0.4, -0.2) is 48.8 Å². The number of aromatic nitrogens is 4. The number of nitriles is 1. The summed E-state index contributed by atoms with van der Waals surface area (Å²) in [4.78, 5) is 21.0. The van der Waals surface area contributed by atoms with E-state index < -0.39 is 5.60 Å². The number of hydrogen-bond donors (Lipinski definition) is 0. The van der Waals surface area contributed by atoms with E-state index in [2.05, 4.69) is 28.0 Å². The third kappa shape index (κ3) is 4.03. The highest BCUT2D eigenvalue weighted by Gasteiger charge is 2.29. The fourth-order valence-corrected chi connectivity index (χ4v) is 5.61. The minimum absolute atomic E-state index is 0.240. The Morgan fingerprint density at radius 2 is 1.97 bits per heavy atom. The van der Waals surface area contributed by atoms with Crippen LogP contribution in [0.25, 0.3) is 26.3 Å². The predicted molar refractivity (Wildman–Crippen MR) is 132 cm³/mol. The first-order valence-electron chi connectivity index (χ1n) is 11.5. The van der Waals surface area contributed by atoms with Gasteiger partial charge < -0.3 is 9.64 Å². The van der Waals surface area contributed by atoms with Gasteiger partial charge in [0, 0.05) is 55.6 Å². The third-order valence-corrected chi connectivity index (χ3v) is 7.30. The number of carbonyl (C=O) groups is 1. The van der Waals surface area contributed by atoms with Crippen LogP contribution in [0.1, 0.15) is 56.4 Å². The van der Waals surface area contributed by atoms with Crippen LogP contribution >= 0.6 is 11.3 Å². The van der Waals surface area contributed by atoms with E-state index >= 15 is 0 Å². The van der Waals surface area contributed by atoms with Crippen LogP contribution in [0.4, 0.5) is 4.79 Å². The Balaban J connectivity index is 1.37. The van der Waals surface area contributed by atoms with Crippen molar-refractivity contribution in [2.24, 2.45) is 7.05 Å². The Kier molecular flexibility index (Phi) is 5.36. The minimum Gasteiger partial charge on any atom is -0.444 e. The molecule has 0 unspecified atom stereocenters. The maximum Gasteiger partial charge on any atom is 0.410 e. The summed E-state index contributed by atoms with van der Waals surface area (Å²) in [5, 5.41) is 15.4. The summed E-state index contributed by atoms with van der Waals surface area (Å²) in [7, 11) is 1.89. The van der Waals surface area contributed by atoms with Crippen LogP contribution in [0.3, 0.4) is 0 Å². The Morgan fingerprint density at radius 3 is 2.62 bits per heavy atom. The molecule has 4 heterocycles. The van der Waals surface area contributed by atoms with Gasteiger partial charge in [-0.1, -0.05) is 11.3 Å². The molecule has 0 atom stereocenters. The molecule has 1 saturated heterocycles. The molecule has 5 rings (SSSR count). The first kappa shape index (κ1) is 22.4. The Labute approximate surface area is 202 Å². The van der Waals surface area contributed by atoms with Crippen LogP contribution in [0.5, 0.6) is 0 Å². The molecule has 0 spiro atoms. The average molecular weight is 477 g/mol. The highest BCUT2D eigenvalue weighted by Crippen LogP contribution is 2.37. The molecule has 0 aliphatic carbocycles. The summed E-state index contributed by atoms with van der Waals surface area (Å²) in [5.41, 5.74) is 3.92. The highest BCUT2D eigenvalue weighted by molar-refractivity contribution is 7.20. The molecule has 176 valence electrons. The van der Waals surface area contributed by atoms with Gasteiger partial charge in [0.05, 0.1) is 21.7 Å². The number of thiazole rings is 1. The van der Waals surface area contributed by atoms with Gasteiger partial charge in [-0.2, -0.15) is 10.4 Å². The number of ether oxygens (including phenoxy) is 1. The summed E-state index contributed by atoms with van der Waals surface area (Å²) in [6, 6.07) is 4.42. The molecule has 0 saturated carbocycles. The fourth-order valence-electron chi connectivity index (χ4n) is 4.61. The molecule has 1 aliphatic rings. The van der Waals surface area contributed by atoms with Gasteiger partial charge in [-0.25, -0.2) is 9.78 Å². The van der Waals surface area contributed by atoms with Crippen LogP contribution in [0, 0.1) is 18.3 Å². The van der Waals surface area contributed by atoms with E-state index in [9.17, 15) is 10.1 Å². The molecule has 1 amide bonds. The number of fused-ring (bicyclic) bond motifs is 2. The standard InChI is InChI=1S/C25H28N6O2S/c1-15-19(11-26)18(10-17-12-29(5)28-22(15)17)21-14-31-13-20(27-23(31)34-21)16-6-8-30(9-7-16)24(32)33-25(2,3)4/h10,12-14,16H,6-9H2,1-5H3. The molecule has 34 heavy (non-hydrogen) atoms. The van der Waals surface area contributed by atoms with Gasteiger partial charge in [-0.15, -0.1) is 0 Å². The Hall–Kier alpha value is -3.38. The third-order valence-electron chi connectivity index (χ3n) is 6.27. The summed E-state index contributed by atoms with van der Waals surface area (Å²) >= 11 is 1.59. The summed E-state index contributed by atoms with van der Waals surface area (Å²) in [6.45, 7) is 8.97. The van der Waals surface area contributed by atoms with Gasteiger partial charge in [0.1, 0.15) is 11.7 Å². The summed E-state index contributed by atoms with van der Waals surface area (Å²) < 4.78 is 9.34. The normalized spacial score (nSPS) is 15.2. The van der Waals surface area contributed by atoms with E-state index in [0.717, 1.165) is 50.4 Å². The van der Waals surface area contributed by atoms with Gasteiger partial charge in [-0.05, 0) is 52.2 Å². The molecule has 3 aromatic heterocycles. The van der Waals surface area contributed by atoms with Gasteiger partial charge >= 0.3 is 6.09 Å². The lowest BCUT2D eigenvalue weighted by Gasteiger charge is -2.32. The van der Waals surface area contributed by atoms with Gasteiger partial charge in [0.15, 0.2) is 4.96 Å². The van der Waals surface area contributed by atoms with Crippen molar-refractivity contribution in [3.05, 3.63) is 41.5 Å². The molecule has 8 nitrogen and oxygen atoms in total. The summed E-state index contributed by atoms with van der Waals surface area (Å²) in [6.07, 6.45) is 7.62. The number of nitrogens with zero attached hydrogens (tertiary/aromatic N) is 6. The topological polar surface area (TPSA) is 88.5 Å². The number of imidazole rings is 1. The molecule has 0 N–H and O–H groups in total. The molecule has 0 radical (unpaired) electrons. The highest BCUT2D eigenvalue weighted by atomic mass is 32.1. The van der Waals surface area contributed by atoms with Crippen molar-refractivity contribution >= 4 is 33.3 Å². The van der Waals surface area contributed by atoms with E-state index in [1.165, 1.54) is 0 Å². The summed E-state index contributed by atoms with van der Waals surface area (Å²) in [5.74, 6) is 0.317. The molecule has 0 bridgehead atoms. The maximum atomic E-state index is 12.3. The second-order valence-electron chi connectivity index (χ2n) is 9.97. The SMILES string of the molecule is Cc1c(C#N)c(-c2cn3cc(C4CCN(C(=O)OC(C)(C)C)CC4)nc3s2)cc2cn(C)nc12. The van der Waals surface area contributed by atoms with Crippen LogP contribution < -0.4 is 0 Å². The van der Waals surface area contributed by atoms with E-state index in [-0.39, 0.29) is 6.09 Å². The maximum absolute atomic E-state index is 12.3. The van der Waals surface area contributed by atoms with Gasteiger partial charge in [0.2, 0.25) is 0 Å². The molecule has 4 aromatic rings. The number of likely N-dealkylation sites (tertiary alicyclic amines) is 1. The van der Waals surface area contributed by atoms with E-state index in [0.29, 0.717) is 24.6 Å². The Bertz CT molecular complexity index is 1410. The Morgan fingerprint density at radius 1 is 1.24 bits per heavy atom. The van der Waals surface area contributed by atoms with Crippen LogP contribution in [0.15, 0.2) is 24.7 Å². The number of rotatable bonds is 2. The second-order valence-corrected chi connectivity index (χ2v) is 11.0. The van der Waals surface area contributed by atoms with E-state index in [1.807, 2.05) is 47.0 Å². The van der Waals surface area contributed by atoms with Crippen molar-refractivity contribution in [3.8, 4) is 16.5 Å². The van der Waals surface area contributed by atoms with E-state index in [1.54, 1.807) is 20.9 Å². The van der Waals surface area contributed by atoms with Crippen molar-refractivity contribution in [1.82, 2.24) is 24.1 Å². The van der Waals surface area contributed by atoms with E-state index in [4.69, 9.17) is 9.72 Å². The zero-order valence-corrected chi connectivity index (χ0v) is 20.9. The number of hydrogen-bond acceptors (Lipinski definition) is 6. The molecule has 1 aromatic carbocycles. The number of carbonyl (C=O) groups excluding carboxylic acids is 1. The van der Waals surface area contributed by atoms with Crippen LogP contribution in [0.2, 0.25) is 0 Å². The first-order valence-corrected chi connectivity index (χ1v) is 12.3. The lowest BCUT2D eigenvalue weighted by atomic mass is 9.94. The number of amides is 1. The number of piperidine rings is 1. The van der Waals surface area contributed by atoms with Gasteiger partial charge in [0.25, 0.3) is 0 Å². The smallest absolute Gasteiger partial charge is 0.410 e. The second kappa shape index (κ2) is 8.13. The monoisotopic (exact) mass is 476 g/mol. The molecule has 1 fully saturated rings. The fraction of sp³-hybridized carbons (Fsp3) is 0.440. The molecular formula is C25H28N6O2S. The number of aryl methyl sites for hydroxylation is 2. The van der Waals surface area contributed by atoms with Crippen molar-refractivity contribution in [3.63, 3.8) is 0 Å². The predicted octanol–water partition coefficient (Wildman–Crippen LogP) is 5.24. The quantitative estimate of drug-likeness (QED) is 0.395. The zero-order chi connectivity index (χ0) is 24.2.